The zero-order chi connectivity index (χ0) is 14.0. The molecule has 2 aromatic heterocycles. The van der Waals surface area contributed by atoms with Crippen LogP contribution in [0.25, 0.3) is 0 Å². The van der Waals surface area contributed by atoms with Crippen LogP contribution >= 0.6 is 15.9 Å². The van der Waals surface area contributed by atoms with E-state index in [2.05, 4.69) is 31.3 Å². The number of pyridine rings is 1. The average molecular weight is 324 g/mol. The Balaban J connectivity index is 2.07. The Labute approximate surface area is 119 Å². The highest BCUT2D eigenvalue weighted by molar-refractivity contribution is 9.10. The quantitative estimate of drug-likeness (QED) is 0.836. The van der Waals surface area contributed by atoms with Crippen LogP contribution in [0.5, 0.6) is 0 Å². The average Bonchev–Trinajstić information content (AvgIpc) is 2.66. The van der Waals surface area contributed by atoms with Gasteiger partial charge in [0.2, 0.25) is 0 Å². The van der Waals surface area contributed by atoms with Crippen molar-refractivity contribution >= 4 is 27.7 Å². The largest absolute Gasteiger partial charge is 0.384 e. The number of halogens is 1. The molecule has 2 heterocycles. The van der Waals surface area contributed by atoms with Gasteiger partial charge in [-0.2, -0.15) is 5.10 Å². The van der Waals surface area contributed by atoms with Crippen molar-refractivity contribution in [2.45, 2.75) is 13.5 Å². The monoisotopic (exact) mass is 323 g/mol. The number of hydrogen-bond acceptors (Lipinski definition) is 4. The predicted molar refractivity (Wildman–Crippen MR) is 75.5 cm³/mol. The molecule has 0 saturated carbocycles. The van der Waals surface area contributed by atoms with Gasteiger partial charge in [0.25, 0.3) is 5.91 Å². The number of aromatic nitrogens is 3. The van der Waals surface area contributed by atoms with Crippen molar-refractivity contribution in [2.75, 3.05) is 5.73 Å². The van der Waals surface area contributed by atoms with Crippen LogP contribution in [0.15, 0.2) is 22.9 Å². The van der Waals surface area contributed by atoms with E-state index in [4.69, 9.17) is 5.73 Å². The van der Waals surface area contributed by atoms with Crippen molar-refractivity contribution < 1.29 is 4.79 Å². The van der Waals surface area contributed by atoms with Gasteiger partial charge in [-0.1, -0.05) is 0 Å². The van der Waals surface area contributed by atoms with E-state index in [1.54, 1.807) is 16.9 Å². The molecule has 0 saturated heterocycles. The third kappa shape index (κ3) is 3.11. The van der Waals surface area contributed by atoms with Crippen LogP contribution in [0.3, 0.4) is 0 Å². The Bertz CT molecular complexity index is 602. The summed E-state index contributed by atoms with van der Waals surface area (Å²) in [4.78, 5) is 16.0. The van der Waals surface area contributed by atoms with Crippen molar-refractivity contribution in [1.29, 1.82) is 0 Å². The molecular formula is C12H14BrN5O. The van der Waals surface area contributed by atoms with Gasteiger partial charge in [0.05, 0.1) is 6.20 Å². The summed E-state index contributed by atoms with van der Waals surface area (Å²) in [5.41, 5.74) is 8.08. The van der Waals surface area contributed by atoms with Gasteiger partial charge in [-0.05, 0) is 35.0 Å². The van der Waals surface area contributed by atoms with Crippen molar-refractivity contribution in [3.8, 4) is 0 Å². The lowest BCUT2D eigenvalue weighted by molar-refractivity contribution is 0.0950. The summed E-state index contributed by atoms with van der Waals surface area (Å²) in [5.74, 6) is 0.107. The second-order valence-electron chi connectivity index (χ2n) is 4.16. The number of nitrogens with one attached hydrogen (secondary N) is 1. The Morgan fingerprint density at radius 2 is 2.26 bits per heavy atom. The highest BCUT2D eigenvalue weighted by Crippen LogP contribution is 2.13. The van der Waals surface area contributed by atoms with E-state index in [1.165, 1.54) is 6.07 Å². The molecule has 6 nitrogen and oxygen atoms in total. The maximum absolute atomic E-state index is 12.0. The molecule has 2 rings (SSSR count). The third-order valence-electron chi connectivity index (χ3n) is 2.85. The summed E-state index contributed by atoms with van der Waals surface area (Å²) in [5, 5.41) is 6.95. The van der Waals surface area contributed by atoms with Crippen LogP contribution in [-0.2, 0) is 13.6 Å². The van der Waals surface area contributed by atoms with Crippen LogP contribution in [0, 0.1) is 6.92 Å². The van der Waals surface area contributed by atoms with Crippen molar-refractivity contribution in [1.82, 2.24) is 20.1 Å². The lowest BCUT2D eigenvalue weighted by Gasteiger charge is -2.06. The first-order chi connectivity index (χ1) is 8.97. The molecule has 0 atom stereocenters. The smallest absolute Gasteiger partial charge is 0.251 e. The molecule has 0 radical (unpaired) electrons. The number of hydrogen-bond donors (Lipinski definition) is 2. The summed E-state index contributed by atoms with van der Waals surface area (Å²) < 4.78 is 2.30. The van der Waals surface area contributed by atoms with Crippen molar-refractivity contribution in [3.63, 3.8) is 0 Å². The topological polar surface area (TPSA) is 85.8 Å². The molecule has 7 heteroatoms. The minimum Gasteiger partial charge on any atom is -0.384 e. The van der Waals surface area contributed by atoms with Gasteiger partial charge in [-0.15, -0.1) is 0 Å². The van der Waals surface area contributed by atoms with E-state index in [1.807, 2.05) is 14.0 Å². The van der Waals surface area contributed by atoms with E-state index in [-0.39, 0.29) is 5.91 Å². The molecule has 1 amide bonds. The second kappa shape index (κ2) is 5.40. The number of nitrogens with two attached hydrogens (primary N) is 1. The fraction of sp³-hybridized carbons (Fsp3) is 0.250. The molecule has 2 aromatic rings. The normalized spacial score (nSPS) is 10.5. The van der Waals surface area contributed by atoms with Gasteiger partial charge < -0.3 is 11.1 Å². The summed E-state index contributed by atoms with van der Waals surface area (Å²) in [6, 6.07) is 3.16. The molecule has 0 spiro atoms. The molecule has 3 N–H and O–H groups in total. The minimum atomic E-state index is -0.196. The zero-order valence-electron chi connectivity index (χ0n) is 10.6. The van der Waals surface area contributed by atoms with E-state index >= 15 is 0 Å². The Morgan fingerprint density at radius 3 is 2.84 bits per heavy atom. The second-order valence-corrected chi connectivity index (χ2v) is 4.98. The van der Waals surface area contributed by atoms with Gasteiger partial charge >= 0.3 is 0 Å². The summed E-state index contributed by atoms with van der Waals surface area (Å²) in [6.07, 6.45) is 1.74. The molecule has 0 aliphatic heterocycles. The molecular weight excluding hydrogens is 310 g/mol. The van der Waals surface area contributed by atoms with Gasteiger partial charge in [-0.3, -0.25) is 9.48 Å². The highest BCUT2D eigenvalue weighted by Gasteiger charge is 2.10. The van der Waals surface area contributed by atoms with Crippen LogP contribution in [0.1, 0.15) is 21.6 Å². The SMILES string of the molecule is Cc1c(CNC(=O)c2cc(N)nc(Br)c2)cnn1C. The number of nitrogen functional groups attached to an aromatic ring is 1. The highest BCUT2D eigenvalue weighted by atomic mass is 79.9. The predicted octanol–water partition coefficient (Wildman–Crippen LogP) is 1.40. The lowest BCUT2D eigenvalue weighted by Crippen LogP contribution is -2.23. The summed E-state index contributed by atoms with van der Waals surface area (Å²) >= 11 is 3.21. The van der Waals surface area contributed by atoms with Crippen LogP contribution in [0.4, 0.5) is 5.82 Å². The number of carbonyl (C=O) groups excluding carboxylic acids is 1. The number of anilines is 1. The maximum Gasteiger partial charge on any atom is 0.251 e. The lowest BCUT2D eigenvalue weighted by atomic mass is 10.2. The van der Waals surface area contributed by atoms with Gasteiger partial charge in [-0.25, -0.2) is 4.98 Å². The number of rotatable bonds is 3. The first-order valence-electron chi connectivity index (χ1n) is 5.66. The van der Waals surface area contributed by atoms with Crippen molar-refractivity contribution in [3.05, 3.63) is 39.8 Å². The molecule has 0 aliphatic carbocycles. The van der Waals surface area contributed by atoms with Crippen molar-refractivity contribution in [2.24, 2.45) is 7.05 Å². The molecule has 100 valence electrons. The Kier molecular flexibility index (Phi) is 3.84. The molecule has 0 bridgehead atoms. The van der Waals surface area contributed by atoms with Crippen LogP contribution < -0.4 is 11.1 Å². The number of amides is 1. The third-order valence-corrected chi connectivity index (χ3v) is 3.26. The summed E-state index contributed by atoms with van der Waals surface area (Å²) in [6.45, 7) is 2.38. The van der Waals surface area contributed by atoms with Gasteiger partial charge in [0, 0.05) is 30.4 Å². The molecule has 19 heavy (non-hydrogen) atoms. The van der Waals surface area contributed by atoms with E-state index < -0.39 is 0 Å². The first kappa shape index (κ1) is 13.5. The molecule has 0 aromatic carbocycles. The van der Waals surface area contributed by atoms with Gasteiger partial charge in [0.15, 0.2) is 0 Å². The standard InChI is InChI=1S/C12H14BrN5O/c1-7-9(6-16-18(7)2)5-15-12(19)8-3-10(13)17-11(14)4-8/h3-4,6H,5H2,1-2H3,(H2,14,17)(H,15,19). The minimum absolute atomic E-state index is 0.196. The van der Waals surface area contributed by atoms with E-state index in [9.17, 15) is 4.79 Å². The van der Waals surface area contributed by atoms with E-state index in [0.717, 1.165) is 11.3 Å². The number of carbonyl (C=O) groups is 1. The zero-order valence-corrected chi connectivity index (χ0v) is 12.2. The fourth-order valence-electron chi connectivity index (χ4n) is 1.64. The van der Waals surface area contributed by atoms with E-state index in [0.29, 0.717) is 22.5 Å². The van der Waals surface area contributed by atoms with Gasteiger partial charge in [0.1, 0.15) is 10.4 Å². The maximum atomic E-state index is 12.0. The Hall–Kier alpha value is -1.89. The first-order valence-corrected chi connectivity index (χ1v) is 6.45. The number of aryl methyl sites for hydroxylation is 1. The number of nitrogens with zero attached hydrogens (tertiary/aromatic N) is 3. The Morgan fingerprint density at radius 1 is 1.53 bits per heavy atom. The molecule has 0 unspecified atom stereocenters. The molecule has 0 aliphatic rings. The fourth-order valence-corrected chi connectivity index (χ4v) is 2.09. The van der Waals surface area contributed by atoms with Crippen LogP contribution in [0.2, 0.25) is 0 Å². The van der Waals surface area contributed by atoms with Crippen LogP contribution in [-0.4, -0.2) is 20.7 Å². The molecule has 0 fully saturated rings. The summed E-state index contributed by atoms with van der Waals surface area (Å²) in [7, 11) is 1.86.